The lowest BCUT2D eigenvalue weighted by Crippen LogP contribution is -2.68. The number of rotatable bonds is 8. The van der Waals surface area contributed by atoms with E-state index in [0.29, 0.717) is 6.42 Å². The monoisotopic (exact) mass is 672 g/mol. The lowest BCUT2D eigenvalue weighted by Gasteiger charge is -2.40. The molecule has 1 aliphatic heterocycles. The van der Waals surface area contributed by atoms with Gasteiger partial charge in [-0.3, -0.25) is 4.79 Å². The summed E-state index contributed by atoms with van der Waals surface area (Å²) in [5.41, 5.74) is -9.08. The molecule has 3 N–H and O–H groups in total. The minimum Gasteiger partial charge on any atom is -0.496 e. The lowest BCUT2D eigenvalue weighted by molar-refractivity contribution is -0.297. The molecule has 2 rings (SSSR count). The van der Waals surface area contributed by atoms with Gasteiger partial charge >= 0.3 is 30.6 Å². The highest BCUT2D eigenvalue weighted by Gasteiger charge is 2.69. The second-order valence-electron chi connectivity index (χ2n) is 11.1. The molecular formula is C26H31F11N4O4. The Morgan fingerprint density at radius 1 is 0.867 bits per heavy atom. The van der Waals surface area contributed by atoms with Crippen LogP contribution in [0.2, 0.25) is 0 Å². The van der Waals surface area contributed by atoms with Gasteiger partial charge in [-0.25, -0.2) is 18.4 Å². The second-order valence-corrected chi connectivity index (χ2v) is 11.1. The first-order valence-corrected chi connectivity index (χ1v) is 13.1. The van der Waals surface area contributed by atoms with Crippen LogP contribution in [0.5, 0.6) is 5.75 Å². The van der Waals surface area contributed by atoms with E-state index in [1.165, 1.54) is 5.32 Å². The lowest BCUT2D eigenvalue weighted by atomic mass is 9.89. The van der Waals surface area contributed by atoms with Crippen molar-refractivity contribution < 1.29 is 67.4 Å². The maximum Gasteiger partial charge on any atom is 0.420 e. The van der Waals surface area contributed by atoms with Crippen molar-refractivity contribution in [2.45, 2.75) is 82.5 Å². The van der Waals surface area contributed by atoms with Crippen LogP contribution in [0.4, 0.5) is 63.6 Å². The number of methoxy groups -OCH3 is 1. The highest BCUT2D eigenvalue weighted by molar-refractivity contribution is 6.00. The van der Waals surface area contributed by atoms with Crippen molar-refractivity contribution >= 4 is 23.5 Å². The van der Waals surface area contributed by atoms with Gasteiger partial charge in [0.05, 0.1) is 12.7 Å². The number of halogens is 11. The number of piperidine rings is 1. The van der Waals surface area contributed by atoms with Gasteiger partial charge in [0.1, 0.15) is 5.75 Å². The normalized spacial score (nSPS) is 18.1. The summed E-state index contributed by atoms with van der Waals surface area (Å²) in [5.74, 6) is -5.76. The molecular weight excluding hydrogens is 641 g/mol. The summed E-state index contributed by atoms with van der Waals surface area (Å²) in [6.45, 7) is 0.566. The molecule has 0 radical (unpaired) electrons. The number of urea groups is 2. The molecule has 45 heavy (non-hydrogen) atoms. The van der Waals surface area contributed by atoms with Crippen molar-refractivity contribution in [1.82, 2.24) is 15.5 Å². The number of anilines is 1. The number of Topliss-reactive ketones (excluding diaryl/α,β-unsaturated/α-hetero) is 1. The number of nitrogens with one attached hydrogen (secondary N) is 3. The average Bonchev–Trinajstić information content (AvgIpc) is 2.85. The first-order chi connectivity index (χ1) is 20.2. The van der Waals surface area contributed by atoms with E-state index in [9.17, 15) is 62.7 Å². The van der Waals surface area contributed by atoms with E-state index in [-0.39, 0.29) is 63.6 Å². The summed E-state index contributed by atoms with van der Waals surface area (Å²) in [7, 11) is 1.15. The predicted molar refractivity (Wildman–Crippen MR) is 137 cm³/mol. The van der Waals surface area contributed by atoms with Crippen molar-refractivity contribution in [2.24, 2.45) is 5.92 Å². The van der Waals surface area contributed by atoms with Crippen molar-refractivity contribution in [2.75, 3.05) is 25.5 Å². The number of nitrogens with zero attached hydrogens (tertiary/aromatic N) is 1. The Kier molecular flexibility index (Phi) is 10.6. The number of likely N-dealkylation sites (tertiary alicyclic amines) is 1. The van der Waals surface area contributed by atoms with Crippen molar-refractivity contribution in [3.8, 4) is 5.75 Å². The minimum absolute atomic E-state index is 0.00662. The van der Waals surface area contributed by atoms with Crippen molar-refractivity contribution in [3.05, 3.63) is 23.3 Å². The third-order valence-corrected chi connectivity index (χ3v) is 7.62. The summed E-state index contributed by atoms with van der Waals surface area (Å²) < 4.78 is 153. The smallest absolute Gasteiger partial charge is 0.420 e. The molecule has 1 aromatic rings. The summed E-state index contributed by atoms with van der Waals surface area (Å²) >= 11 is 0. The largest absolute Gasteiger partial charge is 0.496 e. The van der Waals surface area contributed by atoms with Crippen LogP contribution in [0.3, 0.4) is 0 Å². The van der Waals surface area contributed by atoms with E-state index in [2.05, 4.69) is 0 Å². The molecule has 1 saturated heterocycles. The fourth-order valence-corrected chi connectivity index (χ4v) is 4.56. The van der Waals surface area contributed by atoms with Crippen LogP contribution >= 0.6 is 0 Å². The van der Waals surface area contributed by atoms with Crippen LogP contribution in [-0.4, -0.2) is 78.5 Å². The molecule has 2 atom stereocenters. The molecule has 4 amide bonds. The topological polar surface area (TPSA) is 99.8 Å². The second kappa shape index (κ2) is 12.7. The Hall–Kier alpha value is -3.54. The van der Waals surface area contributed by atoms with Gasteiger partial charge in [0.15, 0.2) is 11.3 Å². The predicted octanol–water partition coefficient (Wildman–Crippen LogP) is 6.84. The third-order valence-electron chi connectivity index (χ3n) is 7.62. The molecule has 0 saturated carbocycles. The van der Waals surface area contributed by atoms with E-state index in [0.717, 1.165) is 36.4 Å². The zero-order valence-electron chi connectivity index (χ0n) is 24.5. The van der Waals surface area contributed by atoms with E-state index >= 15 is 0 Å². The molecule has 1 fully saturated rings. The molecule has 2 unspecified atom stereocenters. The summed E-state index contributed by atoms with van der Waals surface area (Å²) in [4.78, 5) is 38.2. The number of amides is 4. The fourth-order valence-electron chi connectivity index (χ4n) is 4.56. The maximum atomic E-state index is 13.9. The number of ether oxygens (including phenoxy) is 1. The van der Waals surface area contributed by atoms with E-state index < -0.39 is 65.0 Å². The van der Waals surface area contributed by atoms with E-state index in [4.69, 9.17) is 4.74 Å². The van der Waals surface area contributed by atoms with Gasteiger partial charge in [-0.05, 0) is 63.6 Å². The number of benzene rings is 1. The third kappa shape index (κ3) is 8.01. The van der Waals surface area contributed by atoms with Crippen LogP contribution in [0, 0.1) is 5.92 Å². The molecule has 0 spiro atoms. The van der Waals surface area contributed by atoms with Crippen LogP contribution in [0.1, 0.15) is 56.5 Å². The Labute approximate surface area is 250 Å². The Bertz CT molecular complexity index is 1250. The van der Waals surface area contributed by atoms with Gasteiger partial charge in [-0.1, -0.05) is 0 Å². The highest BCUT2D eigenvalue weighted by atomic mass is 19.4. The Balaban J connectivity index is 2.37. The molecule has 1 aliphatic rings. The van der Waals surface area contributed by atoms with Crippen LogP contribution < -0.4 is 20.7 Å². The van der Waals surface area contributed by atoms with E-state index in [1.807, 2.05) is 5.32 Å². The molecule has 256 valence electrons. The van der Waals surface area contributed by atoms with Gasteiger partial charge in [0, 0.05) is 25.7 Å². The SMILES string of the molecule is COc1c(CC2CCCN(C(=O)NC(C)(C(C)(F)F)C(F)(F)F)C2)cc(NC(=O)NC(C)(C(F)(F)F)C(F)(F)F)cc1C(C)=O. The maximum absolute atomic E-state index is 13.9. The van der Waals surface area contributed by atoms with E-state index in [1.54, 1.807) is 0 Å². The molecule has 1 heterocycles. The first-order valence-electron chi connectivity index (χ1n) is 13.1. The standard InChI is InChI=1S/C26H31F11N4O4/c1-13(42)17-11-16(38-19(43)39-22(3,25(32,33)34)26(35,36)37)10-15(18(17)45-5)9-14-7-6-8-41(12-14)20(44)40-21(2,23(4,27)28)24(29,30)31/h10-11,14H,6-9,12H2,1-5H3,(H,40,44)(H2,38,39,43). The molecule has 19 heteroatoms. The molecule has 0 bridgehead atoms. The first kappa shape index (κ1) is 37.6. The number of carbonyl (C=O) groups excluding carboxylic acids is 3. The average molecular weight is 673 g/mol. The van der Waals surface area contributed by atoms with Gasteiger partial charge < -0.3 is 25.6 Å². The molecule has 8 nitrogen and oxygen atoms in total. The highest BCUT2D eigenvalue weighted by Crippen LogP contribution is 2.43. The molecule has 1 aromatic carbocycles. The number of ketones is 1. The van der Waals surface area contributed by atoms with Crippen molar-refractivity contribution in [3.63, 3.8) is 0 Å². The Morgan fingerprint density at radius 2 is 1.40 bits per heavy atom. The number of hydrogen-bond acceptors (Lipinski definition) is 4. The summed E-state index contributed by atoms with van der Waals surface area (Å²) in [6.07, 6.45) is -17.0. The Morgan fingerprint density at radius 3 is 1.84 bits per heavy atom. The fraction of sp³-hybridized carbons (Fsp3) is 0.654. The zero-order chi connectivity index (χ0) is 35.0. The van der Waals surface area contributed by atoms with Crippen LogP contribution in [-0.2, 0) is 6.42 Å². The van der Waals surface area contributed by atoms with Gasteiger partial charge in [-0.15, -0.1) is 0 Å². The minimum atomic E-state index is -5.94. The quantitative estimate of drug-likeness (QED) is 0.208. The molecule has 0 aromatic heterocycles. The summed E-state index contributed by atoms with van der Waals surface area (Å²) in [5, 5.41) is 4.07. The van der Waals surface area contributed by atoms with Crippen LogP contribution in [0.25, 0.3) is 0 Å². The number of carbonyl (C=O) groups is 3. The zero-order valence-corrected chi connectivity index (χ0v) is 24.5. The van der Waals surface area contributed by atoms with Crippen molar-refractivity contribution in [1.29, 1.82) is 0 Å². The van der Waals surface area contributed by atoms with Gasteiger partial charge in [0.25, 0.3) is 5.92 Å². The van der Waals surface area contributed by atoms with Gasteiger partial charge in [-0.2, -0.15) is 39.5 Å². The number of alkyl halides is 11. The number of hydrogen-bond donors (Lipinski definition) is 3. The van der Waals surface area contributed by atoms with Crippen LogP contribution in [0.15, 0.2) is 12.1 Å². The summed E-state index contributed by atoms with van der Waals surface area (Å²) in [6, 6.07) is -1.30. The van der Waals surface area contributed by atoms with Gasteiger partial charge in [0.2, 0.25) is 5.54 Å². The molecule has 0 aliphatic carbocycles.